The van der Waals surface area contributed by atoms with E-state index in [0.717, 1.165) is 0 Å². The molecule has 0 atom stereocenters. The highest BCUT2D eigenvalue weighted by atomic mass is 16.4. The van der Waals surface area contributed by atoms with E-state index in [9.17, 15) is 4.79 Å². The molecule has 0 aliphatic heterocycles. The minimum absolute atomic E-state index is 0.103. The lowest BCUT2D eigenvalue weighted by Gasteiger charge is -2.15. The summed E-state index contributed by atoms with van der Waals surface area (Å²) in [5.74, 6) is -0.0373. The van der Waals surface area contributed by atoms with Crippen molar-refractivity contribution in [3.05, 3.63) is 18.0 Å². The first-order valence-electron chi connectivity index (χ1n) is 4.75. The Balaban J connectivity index is 2.54. The normalized spacial score (nSPS) is 11.5. The average molecular weight is 225 g/mol. The fourth-order valence-electron chi connectivity index (χ4n) is 1.19. The molecule has 0 aliphatic rings. The quantitative estimate of drug-likeness (QED) is 0.316. The molecule has 7 heteroatoms. The fraction of sp³-hybridized carbons (Fsp3) is 0.444. The lowest BCUT2D eigenvalue weighted by atomic mass is 10.3. The van der Waals surface area contributed by atoms with E-state index in [-0.39, 0.29) is 11.7 Å². The molecular weight excluding hydrogens is 210 g/mol. The highest BCUT2D eigenvalue weighted by Gasteiger charge is 2.13. The number of carbonyl (C=O) groups excluding carboxylic acids is 1. The minimum atomic E-state index is -0.140. The van der Waals surface area contributed by atoms with Crippen molar-refractivity contribution in [1.29, 1.82) is 0 Å². The maximum absolute atomic E-state index is 11.8. The van der Waals surface area contributed by atoms with E-state index in [1.54, 1.807) is 25.0 Å². The zero-order valence-corrected chi connectivity index (χ0v) is 9.29. The zero-order chi connectivity index (χ0) is 12.1. The molecule has 0 saturated heterocycles. The van der Waals surface area contributed by atoms with Gasteiger partial charge in [-0.3, -0.25) is 9.48 Å². The van der Waals surface area contributed by atoms with Gasteiger partial charge in [-0.25, -0.2) is 0 Å². The molecule has 0 spiro atoms. The Morgan fingerprint density at radius 1 is 1.75 bits per heavy atom. The number of amides is 1. The fourth-order valence-corrected chi connectivity index (χ4v) is 1.19. The molecule has 1 heterocycles. The van der Waals surface area contributed by atoms with Crippen molar-refractivity contribution in [1.82, 2.24) is 14.7 Å². The Kier molecular flexibility index (Phi) is 3.87. The number of aromatic nitrogens is 2. The maximum atomic E-state index is 11.8. The molecule has 0 aromatic carbocycles. The first kappa shape index (κ1) is 12.0. The van der Waals surface area contributed by atoms with Gasteiger partial charge < -0.3 is 15.8 Å². The topological polar surface area (TPSA) is 96.7 Å². The zero-order valence-electron chi connectivity index (χ0n) is 9.29. The standard InChI is InChI=1S/C9H15N5O2/c1-13(4-3-8(10)12-16)9(15)7-5-11-14(2)6-7/h5-6,16H,3-4H2,1-2H3,(H2,10,12). The van der Waals surface area contributed by atoms with Gasteiger partial charge in [-0.15, -0.1) is 0 Å². The van der Waals surface area contributed by atoms with Gasteiger partial charge in [-0.05, 0) is 0 Å². The summed E-state index contributed by atoms with van der Waals surface area (Å²) < 4.78 is 1.56. The van der Waals surface area contributed by atoms with E-state index in [1.165, 1.54) is 11.1 Å². The summed E-state index contributed by atoms with van der Waals surface area (Å²) >= 11 is 0. The van der Waals surface area contributed by atoms with Crippen molar-refractivity contribution < 1.29 is 10.0 Å². The molecule has 1 aromatic heterocycles. The van der Waals surface area contributed by atoms with Crippen LogP contribution in [0.4, 0.5) is 0 Å². The smallest absolute Gasteiger partial charge is 0.256 e. The van der Waals surface area contributed by atoms with Crippen molar-refractivity contribution in [2.75, 3.05) is 13.6 Å². The molecule has 0 saturated carbocycles. The van der Waals surface area contributed by atoms with Crippen LogP contribution < -0.4 is 5.73 Å². The third-order valence-electron chi connectivity index (χ3n) is 2.13. The van der Waals surface area contributed by atoms with Gasteiger partial charge in [0.1, 0.15) is 5.84 Å². The van der Waals surface area contributed by atoms with Crippen LogP contribution in [0.3, 0.4) is 0 Å². The van der Waals surface area contributed by atoms with E-state index in [2.05, 4.69) is 10.3 Å². The minimum Gasteiger partial charge on any atom is -0.409 e. The van der Waals surface area contributed by atoms with E-state index in [0.29, 0.717) is 18.5 Å². The Labute approximate surface area is 93.1 Å². The summed E-state index contributed by atoms with van der Waals surface area (Å²) in [6.45, 7) is 0.392. The molecule has 0 aliphatic carbocycles. The number of hydrogen-bond acceptors (Lipinski definition) is 4. The number of rotatable bonds is 4. The van der Waals surface area contributed by atoms with Gasteiger partial charge in [0.2, 0.25) is 0 Å². The second kappa shape index (κ2) is 5.15. The Bertz CT molecular complexity index is 398. The van der Waals surface area contributed by atoms with Crippen molar-refractivity contribution in [3.8, 4) is 0 Å². The van der Waals surface area contributed by atoms with Crippen LogP contribution in [0.1, 0.15) is 16.8 Å². The van der Waals surface area contributed by atoms with Gasteiger partial charge in [-0.2, -0.15) is 5.10 Å². The maximum Gasteiger partial charge on any atom is 0.256 e. The Morgan fingerprint density at radius 3 is 2.94 bits per heavy atom. The molecule has 0 unspecified atom stereocenters. The van der Waals surface area contributed by atoms with Crippen molar-refractivity contribution >= 4 is 11.7 Å². The molecule has 1 amide bonds. The molecule has 1 aromatic rings. The Morgan fingerprint density at radius 2 is 2.44 bits per heavy atom. The second-order valence-electron chi connectivity index (χ2n) is 3.47. The molecule has 88 valence electrons. The molecule has 3 N–H and O–H groups in total. The highest BCUT2D eigenvalue weighted by molar-refractivity contribution is 5.93. The largest absolute Gasteiger partial charge is 0.409 e. The van der Waals surface area contributed by atoms with Crippen LogP contribution in [0.25, 0.3) is 0 Å². The molecule has 1 rings (SSSR count). The van der Waals surface area contributed by atoms with E-state index >= 15 is 0 Å². The van der Waals surface area contributed by atoms with Crippen LogP contribution in [0.5, 0.6) is 0 Å². The van der Waals surface area contributed by atoms with Crippen LogP contribution in [-0.2, 0) is 7.05 Å². The second-order valence-corrected chi connectivity index (χ2v) is 3.47. The number of oxime groups is 1. The van der Waals surface area contributed by atoms with Gasteiger partial charge in [0, 0.05) is 33.3 Å². The highest BCUT2D eigenvalue weighted by Crippen LogP contribution is 2.02. The molecule has 0 fully saturated rings. The van der Waals surface area contributed by atoms with Gasteiger partial charge in [0.15, 0.2) is 0 Å². The van der Waals surface area contributed by atoms with Gasteiger partial charge in [0.05, 0.1) is 11.8 Å². The SMILES string of the molecule is CN(CC/C(N)=N/O)C(=O)c1cnn(C)c1. The summed E-state index contributed by atoms with van der Waals surface area (Å²) in [5, 5.41) is 15.1. The number of nitrogens with zero attached hydrogens (tertiary/aromatic N) is 4. The molecule has 0 bridgehead atoms. The number of nitrogens with two attached hydrogens (primary N) is 1. The Hall–Kier alpha value is -2.05. The predicted octanol–water partition coefficient (Wildman–Crippen LogP) is -0.371. The van der Waals surface area contributed by atoms with Gasteiger partial charge >= 0.3 is 0 Å². The summed E-state index contributed by atoms with van der Waals surface area (Å²) in [6.07, 6.45) is 3.48. The van der Waals surface area contributed by atoms with Crippen molar-refractivity contribution in [2.45, 2.75) is 6.42 Å². The average Bonchev–Trinajstić information content (AvgIpc) is 2.71. The first-order chi connectivity index (χ1) is 7.54. The van der Waals surface area contributed by atoms with Crippen LogP contribution >= 0.6 is 0 Å². The summed E-state index contributed by atoms with van der Waals surface area (Å²) in [6, 6.07) is 0. The first-order valence-corrected chi connectivity index (χ1v) is 4.75. The number of amidine groups is 1. The third kappa shape index (κ3) is 2.97. The summed E-state index contributed by atoms with van der Waals surface area (Å²) in [5.41, 5.74) is 5.83. The lowest BCUT2D eigenvalue weighted by molar-refractivity contribution is 0.0798. The van der Waals surface area contributed by atoms with E-state index < -0.39 is 0 Å². The predicted molar refractivity (Wildman–Crippen MR) is 58.2 cm³/mol. The van der Waals surface area contributed by atoms with E-state index in [4.69, 9.17) is 10.9 Å². The lowest BCUT2D eigenvalue weighted by Crippen LogP contribution is -2.30. The number of hydrogen-bond donors (Lipinski definition) is 2. The van der Waals surface area contributed by atoms with Crippen LogP contribution in [-0.4, -0.2) is 45.2 Å². The monoisotopic (exact) mass is 225 g/mol. The molecule has 0 radical (unpaired) electrons. The molecular formula is C9H15N5O2. The van der Waals surface area contributed by atoms with Crippen LogP contribution in [0.2, 0.25) is 0 Å². The summed E-state index contributed by atoms with van der Waals surface area (Å²) in [4.78, 5) is 13.3. The number of aryl methyl sites for hydroxylation is 1. The van der Waals surface area contributed by atoms with E-state index in [1.807, 2.05) is 0 Å². The van der Waals surface area contributed by atoms with Gasteiger partial charge in [0.25, 0.3) is 5.91 Å². The third-order valence-corrected chi connectivity index (χ3v) is 2.13. The van der Waals surface area contributed by atoms with Crippen molar-refractivity contribution in [3.63, 3.8) is 0 Å². The van der Waals surface area contributed by atoms with Gasteiger partial charge in [-0.1, -0.05) is 5.16 Å². The van der Waals surface area contributed by atoms with Crippen molar-refractivity contribution in [2.24, 2.45) is 17.9 Å². The van der Waals surface area contributed by atoms with Crippen LogP contribution in [0.15, 0.2) is 17.5 Å². The molecule has 16 heavy (non-hydrogen) atoms. The molecule has 7 nitrogen and oxygen atoms in total. The van der Waals surface area contributed by atoms with Crippen LogP contribution in [0, 0.1) is 0 Å². The number of carbonyl (C=O) groups is 1. The summed E-state index contributed by atoms with van der Waals surface area (Å²) in [7, 11) is 3.40.